The van der Waals surface area contributed by atoms with E-state index in [4.69, 9.17) is 5.26 Å². The van der Waals surface area contributed by atoms with Gasteiger partial charge in [-0.15, -0.1) is 0 Å². The lowest BCUT2D eigenvalue weighted by molar-refractivity contribution is -0.120. The normalized spacial score (nSPS) is 12.2. The number of nitriles is 1. The minimum atomic E-state index is -0.116. The van der Waals surface area contributed by atoms with Crippen molar-refractivity contribution in [3.8, 4) is 6.07 Å². The molecule has 1 amide bonds. The number of rotatable bonds is 7. The molecule has 0 rings (SSSR count). The highest BCUT2D eigenvalue weighted by atomic mass is 16.1. The van der Waals surface area contributed by atoms with Crippen molar-refractivity contribution in [2.24, 2.45) is 5.92 Å². The first-order valence-electron chi connectivity index (χ1n) is 5.52. The lowest BCUT2D eigenvalue weighted by Gasteiger charge is -2.22. The van der Waals surface area contributed by atoms with Crippen molar-refractivity contribution < 1.29 is 4.79 Å². The summed E-state index contributed by atoms with van der Waals surface area (Å²) in [4.78, 5) is 11.2. The second-order valence-corrected chi connectivity index (χ2v) is 3.68. The third kappa shape index (κ3) is 6.08. The van der Waals surface area contributed by atoms with Crippen molar-refractivity contribution in [3.63, 3.8) is 0 Å². The van der Waals surface area contributed by atoms with E-state index in [-0.39, 0.29) is 12.5 Å². The van der Waals surface area contributed by atoms with Gasteiger partial charge in [-0.3, -0.25) is 4.79 Å². The maximum Gasteiger partial charge on any atom is 0.234 e. The Bertz CT molecular complexity index is 218. The molecular weight excluding hydrogens is 190 g/mol. The van der Waals surface area contributed by atoms with Gasteiger partial charge in [0.1, 0.15) is 6.54 Å². The van der Waals surface area contributed by atoms with E-state index in [1.165, 1.54) is 0 Å². The summed E-state index contributed by atoms with van der Waals surface area (Å²) in [7, 11) is 0. The number of hydrogen-bond acceptors (Lipinski definition) is 3. The molecule has 0 aromatic heterocycles. The molecule has 1 unspecified atom stereocenters. The molecule has 2 N–H and O–H groups in total. The Balaban J connectivity index is 3.74. The van der Waals surface area contributed by atoms with Gasteiger partial charge in [0.15, 0.2) is 0 Å². The van der Waals surface area contributed by atoms with Gasteiger partial charge in [0.05, 0.1) is 12.6 Å². The number of carbonyl (C=O) groups is 1. The number of amides is 1. The Morgan fingerprint density at radius 2 is 2.00 bits per heavy atom. The van der Waals surface area contributed by atoms with Crippen LogP contribution in [0.4, 0.5) is 0 Å². The largest absolute Gasteiger partial charge is 0.342 e. The van der Waals surface area contributed by atoms with Crippen LogP contribution in [-0.2, 0) is 4.79 Å². The quantitative estimate of drug-likeness (QED) is 0.618. The second kappa shape index (κ2) is 8.25. The van der Waals surface area contributed by atoms with Crippen LogP contribution in [0.5, 0.6) is 0 Å². The fourth-order valence-electron chi connectivity index (χ4n) is 1.62. The van der Waals surface area contributed by atoms with Crippen LogP contribution < -0.4 is 10.6 Å². The second-order valence-electron chi connectivity index (χ2n) is 3.68. The molecule has 0 spiro atoms. The Morgan fingerprint density at radius 3 is 2.47 bits per heavy atom. The Labute approximate surface area is 92.0 Å². The predicted octanol–water partition coefficient (Wildman–Crippen LogP) is 1.04. The molecule has 4 heteroatoms. The summed E-state index contributed by atoms with van der Waals surface area (Å²) in [5.41, 5.74) is 0. The van der Waals surface area contributed by atoms with Gasteiger partial charge in [0.25, 0.3) is 0 Å². The Hall–Kier alpha value is -1.08. The molecule has 0 aliphatic carbocycles. The highest BCUT2D eigenvalue weighted by Gasteiger charge is 2.13. The van der Waals surface area contributed by atoms with Crippen LogP contribution in [0.25, 0.3) is 0 Å². The zero-order valence-electron chi connectivity index (χ0n) is 9.84. The van der Waals surface area contributed by atoms with Crippen LogP contribution in [0.3, 0.4) is 0 Å². The molecule has 0 aliphatic heterocycles. The average molecular weight is 211 g/mol. The topological polar surface area (TPSA) is 64.9 Å². The summed E-state index contributed by atoms with van der Waals surface area (Å²) in [6.45, 7) is 6.78. The third-order valence-corrected chi connectivity index (χ3v) is 2.71. The summed E-state index contributed by atoms with van der Waals surface area (Å²) >= 11 is 0. The molecule has 0 saturated carbocycles. The summed E-state index contributed by atoms with van der Waals surface area (Å²) in [6.07, 6.45) is 2.23. The summed E-state index contributed by atoms with van der Waals surface area (Å²) < 4.78 is 0. The van der Waals surface area contributed by atoms with E-state index in [2.05, 4.69) is 31.4 Å². The van der Waals surface area contributed by atoms with E-state index >= 15 is 0 Å². The number of nitrogens with zero attached hydrogens (tertiary/aromatic N) is 1. The van der Waals surface area contributed by atoms with E-state index in [9.17, 15) is 4.79 Å². The van der Waals surface area contributed by atoms with Crippen molar-refractivity contribution in [2.45, 2.75) is 39.7 Å². The van der Waals surface area contributed by atoms with Crippen molar-refractivity contribution in [3.05, 3.63) is 0 Å². The van der Waals surface area contributed by atoms with Crippen LogP contribution >= 0.6 is 0 Å². The van der Waals surface area contributed by atoms with Gasteiger partial charge in [-0.05, 0) is 12.8 Å². The lowest BCUT2D eigenvalue weighted by atomic mass is 9.95. The zero-order valence-corrected chi connectivity index (χ0v) is 9.84. The number of carbonyl (C=O) groups excluding carboxylic acids is 1. The van der Waals surface area contributed by atoms with Crippen LogP contribution in [-0.4, -0.2) is 25.0 Å². The smallest absolute Gasteiger partial charge is 0.234 e. The van der Waals surface area contributed by atoms with E-state index in [0.717, 1.165) is 12.8 Å². The van der Waals surface area contributed by atoms with Gasteiger partial charge in [-0.1, -0.05) is 26.7 Å². The molecule has 0 aromatic rings. The maximum absolute atomic E-state index is 11.2. The highest BCUT2D eigenvalue weighted by molar-refractivity contribution is 5.78. The number of nitrogens with one attached hydrogen (secondary N) is 2. The third-order valence-electron chi connectivity index (χ3n) is 2.71. The minimum absolute atomic E-state index is 0.0832. The standard InChI is InChI=1S/C11H21N3O/c1-4-10(5-2)9(3)14-8-11(15)13-7-6-12/h9-10,14H,4-5,7-8H2,1-3H3,(H,13,15). The molecule has 15 heavy (non-hydrogen) atoms. The molecule has 0 aromatic carbocycles. The van der Waals surface area contributed by atoms with Crippen molar-refractivity contribution in [2.75, 3.05) is 13.1 Å². The summed E-state index contributed by atoms with van der Waals surface area (Å²) in [6, 6.07) is 2.21. The molecule has 0 heterocycles. The predicted molar refractivity (Wildman–Crippen MR) is 60.2 cm³/mol. The first kappa shape index (κ1) is 13.9. The van der Waals surface area contributed by atoms with E-state index < -0.39 is 0 Å². The van der Waals surface area contributed by atoms with Crippen molar-refractivity contribution in [1.82, 2.24) is 10.6 Å². The van der Waals surface area contributed by atoms with Gasteiger partial charge in [-0.25, -0.2) is 0 Å². The van der Waals surface area contributed by atoms with E-state index in [1.807, 2.05) is 6.07 Å². The first-order chi connectivity index (χ1) is 7.15. The van der Waals surface area contributed by atoms with Crippen molar-refractivity contribution >= 4 is 5.91 Å². The lowest BCUT2D eigenvalue weighted by Crippen LogP contribution is -2.41. The molecule has 0 bridgehead atoms. The molecule has 86 valence electrons. The average Bonchev–Trinajstić information content (AvgIpc) is 2.25. The molecule has 0 radical (unpaired) electrons. The van der Waals surface area contributed by atoms with Crippen LogP contribution in [0.2, 0.25) is 0 Å². The van der Waals surface area contributed by atoms with Crippen LogP contribution in [0.1, 0.15) is 33.6 Å². The minimum Gasteiger partial charge on any atom is -0.342 e. The van der Waals surface area contributed by atoms with Gasteiger partial charge in [0, 0.05) is 6.04 Å². The summed E-state index contributed by atoms with van der Waals surface area (Å²) in [5, 5.41) is 13.9. The van der Waals surface area contributed by atoms with E-state index in [1.54, 1.807) is 0 Å². The molecule has 0 aliphatic rings. The Kier molecular flexibility index (Phi) is 7.65. The molecular formula is C11H21N3O. The molecule has 0 saturated heterocycles. The van der Waals surface area contributed by atoms with E-state index in [0.29, 0.717) is 18.5 Å². The molecule has 0 fully saturated rings. The summed E-state index contributed by atoms with van der Waals surface area (Å²) in [5.74, 6) is 0.489. The van der Waals surface area contributed by atoms with Gasteiger partial charge in [0.2, 0.25) is 5.91 Å². The zero-order chi connectivity index (χ0) is 11.7. The fraction of sp³-hybridized carbons (Fsp3) is 0.818. The van der Waals surface area contributed by atoms with Gasteiger partial charge in [-0.2, -0.15) is 5.26 Å². The van der Waals surface area contributed by atoms with Crippen molar-refractivity contribution in [1.29, 1.82) is 5.26 Å². The first-order valence-corrected chi connectivity index (χ1v) is 5.52. The van der Waals surface area contributed by atoms with Gasteiger partial charge < -0.3 is 10.6 Å². The van der Waals surface area contributed by atoms with Crippen LogP contribution in [0, 0.1) is 17.2 Å². The fourth-order valence-corrected chi connectivity index (χ4v) is 1.62. The SMILES string of the molecule is CCC(CC)C(C)NCC(=O)NCC#N. The van der Waals surface area contributed by atoms with Gasteiger partial charge >= 0.3 is 0 Å². The molecule has 4 nitrogen and oxygen atoms in total. The van der Waals surface area contributed by atoms with Crippen LogP contribution in [0.15, 0.2) is 0 Å². The molecule has 1 atom stereocenters. The maximum atomic E-state index is 11.2. The monoisotopic (exact) mass is 211 g/mol. The highest BCUT2D eigenvalue weighted by Crippen LogP contribution is 2.11. The Morgan fingerprint density at radius 1 is 1.40 bits per heavy atom. The number of hydrogen-bond donors (Lipinski definition) is 2.